The summed E-state index contributed by atoms with van der Waals surface area (Å²) in [6.07, 6.45) is -4.96. The van der Waals surface area contributed by atoms with E-state index in [2.05, 4.69) is 0 Å². The fraction of sp³-hybridized carbons (Fsp3) is 0.375. The number of carbonyl (C=O) groups is 1. The van der Waals surface area contributed by atoms with E-state index >= 15 is 0 Å². The van der Waals surface area contributed by atoms with Crippen LogP contribution in [-0.4, -0.2) is 12.0 Å². The second-order valence-electron chi connectivity index (χ2n) is 2.50. The van der Waals surface area contributed by atoms with Crippen molar-refractivity contribution < 1.29 is 18.0 Å². The van der Waals surface area contributed by atoms with Gasteiger partial charge in [-0.05, 0) is 17.9 Å². The van der Waals surface area contributed by atoms with Gasteiger partial charge in [-0.1, -0.05) is 6.07 Å². The first-order valence-corrected chi connectivity index (χ1v) is 4.50. The van der Waals surface area contributed by atoms with Gasteiger partial charge >= 0.3 is 6.18 Å². The van der Waals surface area contributed by atoms with Crippen LogP contribution >= 0.6 is 11.3 Å². The van der Waals surface area contributed by atoms with E-state index in [1.54, 1.807) is 17.5 Å². The van der Waals surface area contributed by atoms with Crippen LogP contribution in [0.5, 0.6) is 0 Å². The number of alkyl halides is 3. The normalized spacial score (nSPS) is 11.6. The van der Waals surface area contributed by atoms with Crippen LogP contribution in [0.3, 0.4) is 0 Å². The van der Waals surface area contributed by atoms with Gasteiger partial charge < -0.3 is 0 Å². The van der Waals surface area contributed by atoms with Crippen LogP contribution in [0.4, 0.5) is 13.2 Å². The quantitative estimate of drug-likeness (QED) is 0.746. The summed E-state index contributed by atoms with van der Waals surface area (Å²) in [5.41, 5.74) is 0. The molecule has 0 saturated heterocycles. The number of thiophene rings is 1. The summed E-state index contributed by atoms with van der Waals surface area (Å²) in [5.74, 6) is -1.65. The number of Topliss-reactive ketones (excluding diaryl/α,β-unsaturated/α-hetero) is 1. The van der Waals surface area contributed by atoms with Crippen LogP contribution < -0.4 is 0 Å². The monoisotopic (exact) mass is 208 g/mol. The molecule has 0 aliphatic heterocycles. The maximum Gasteiger partial charge on any atom is 0.449 e. The maximum atomic E-state index is 11.7. The van der Waals surface area contributed by atoms with Gasteiger partial charge in [-0.25, -0.2) is 0 Å². The first-order valence-electron chi connectivity index (χ1n) is 3.62. The second kappa shape index (κ2) is 3.91. The standard InChI is InChI=1S/C8H7F3OS/c9-8(10,11)7(12)4-3-6-2-1-5-13-6/h1-2,5H,3-4H2. The van der Waals surface area contributed by atoms with Crippen molar-refractivity contribution in [3.63, 3.8) is 0 Å². The Bertz CT molecular complexity index is 276. The van der Waals surface area contributed by atoms with Crippen LogP contribution in [0.25, 0.3) is 0 Å². The molecule has 13 heavy (non-hydrogen) atoms. The summed E-state index contributed by atoms with van der Waals surface area (Å²) in [7, 11) is 0. The molecule has 0 amide bonds. The van der Waals surface area contributed by atoms with E-state index in [0.717, 1.165) is 4.88 Å². The Morgan fingerprint density at radius 1 is 1.46 bits per heavy atom. The van der Waals surface area contributed by atoms with Crippen LogP contribution in [0, 0.1) is 0 Å². The number of hydrogen-bond acceptors (Lipinski definition) is 2. The number of aryl methyl sites for hydroxylation is 1. The molecule has 0 fully saturated rings. The molecule has 0 aliphatic carbocycles. The molecule has 0 spiro atoms. The first-order chi connectivity index (χ1) is 6.00. The zero-order valence-electron chi connectivity index (χ0n) is 6.60. The van der Waals surface area contributed by atoms with Crippen molar-refractivity contribution in [3.8, 4) is 0 Å². The van der Waals surface area contributed by atoms with E-state index in [9.17, 15) is 18.0 Å². The van der Waals surface area contributed by atoms with Crippen molar-refractivity contribution in [1.29, 1.82) is 0 Å². The number of ketones is 1. The lowest BCUT2D eigenvalue weighted by Gasteiger charge is -2.02. The molecule has 72 valence electrons. The van der Waals surface area contributed by atoms with Gasteiger partial charge in [0.2, 0.25) is 5.78 Å². The summed E-state index contributed by atoms with van der Waals surface area (Å²) < 4.78 is 35.2. The van der Waals surface area contributed by atoms with E-state index in [0.29, 0.717) is 0 Å². The average molecular weight is 208 g/mol. The lowest BCUT2D eigenvalue weighted by atomic mass is 10.2. The van der Waals surface area contributed by atoms with Crippen molar-refractivity contribution >= 4 is 17.1 Å². The molecule has 0 N–H and O–H groups in total. The van der Waals surface area contributed by atoms with Crippen molar-refractivity contribution in [2.75, 3.05) is 0 Å². The Kier molecular flexibility index (Phi) is 3.08. The van der Waals surface area contributed by atoms with Crippen molar-refractivity contribution in [1.82, 2.24) is 0 Å². The molecule has 1 aromatic rings. The molecule has 1 rings (SSSR count). The van der Waals surface area contributed by atoms with Crippen LogP contribution in [0.2, 0.25) is 0 Å². The number of halogens is 3. The lowest BCUT2D eigenvalue weighted by molar-refractivity contribution is -0.170. The summed E-state index contributed by atoms with van der Waals surface area (Å²) in [6, 6.07) is 3.46. The highest BCUT2D eigenvalue weighted by molar-refractivity contribution is 7.09. The van der Waals surface area contributed by atoms with Gasteiger partial charge in [-0.15, -0.1) is 11.3 Å². The predicted molar refractivity (Wildman–Crippen MR) is 43.7 cm³/mol. The van der Waals surface area contributed by atoms with E-state index in [4.69, 9.17) is 0 Å². The molecular weight excluding hydrogens is 201 g/mol. The molecule has 1 heterocycles. The minimum absolute atomic E-state index is 0.177. The van der Waals surface area contributed by atoms with E-state index < -0.39 is 18.4 Å². The zero-order chi connectivity index (χ0) is 9.90. The average Bonchev–Trinajstić information content (AvgIpc) is 2.50. The summed E-state index contributed by atoms with van der Waals surface area (Å²) in [4.78, 5) is 11.2. The zero-order valence-corrected chi connectivity index (χ0v) is 7.41. The summed E-state index contributed by atoms with van der Waals surface area (Å²) in [6.45, 7) is 0. The fourth-order valence-electron chi connectivity index (χ4n) is 0.833. The Morgan fingerprint density at radius 2 is 2.15 bits per heavy atom. The third kappa shape index (κ3) is 3.18. The van der Waals surface area contributed by atoms with Crippen molar-refractivity contribution in [3.05, 3.63) is 22.4 Å². The lowest BCUT2D eigenvalue weighted by Crippen LogP contribution is -2.22. The number of carbonyl (C=O) groups excluding carboxylic acids is 1. The second-order valence-corrected chi connectivity index (χ2v) is 3.53. The fourth-order valence-corrected chi connectivity index (χ4v) is 1.54. The highest BCUT2D eigenvalue weighted by Gasteiger charge is 2.37. The number of rotatable bonds is 3. The summed E-state index contributed by atoms with van der Waals surface area (Å²) in [5, 5.41) is 1.77. The van der Waals surface area contributed by atoms with Crippen LogP contribution in [0.15, 0.2) is 17.5 Å². The topological polar surface area (TPSA) is 17.1 Å². The van der Waals surface area contributed by atoms with Gasteiger partial charge in [-0.3, -0.25) is 4.79 Å². The van der Waals surface area contributed by atoms with Crippen molar-refractivity contribution in [2.24, 2.45) is 0 Å². The molecule has 0 unspecified atom stereocenters. The van der Waals surface area contributed by atoms with Gasteiger partial charge in [0.25, 0.3) is 0 Å². The first kappa shape index (κ1) is 10.2. The smallest absolute Gasteiger partial charge is 0.290 e. The van der Waals surface area contributed by atoms with Crippen molar-refractivity contribution in [2.45, 2.75) is 19.0 Å². The summed E-state index contributed by atoms with van der Waals surface area (Å²) >= 11 is 1.36. The Hall–Kier alpha value is -0.840. The van der Waals surface area contributed by atoms with Gasteiger partial charge in [0.15, 0.2) is 0 Å². The van der Waals surface area contributed by atoms with E-state index in [1.807, 2.05) is 0 Å². The number of hydrogen-bond donors (Lipinski definition) is 0. The molecule has 0 atom stereocenters. The largest absolute Gasteiger partial charge is 0.449 e. The third-order valence-electron chi connectivity index (χ3n) is 1.49. The molecular formula is C8H7F3OS. The van der Waals surface area contributed by atoms with Crippen LogP contribution in [0.1, 0.15) is 11.3 Å². The van der Waals surface area contributed by atoms with Gasteiger partial charge in [0.1, 0.15) is 0 Å². The predicted octanol–water partition coefficient (Wildman–Crippen LogP) is 2.81. The Labute approximate surface area is 77.2 Å². The minimum Gasteiger partial charge on any atom is -0.290 e. The SMILES string of the molecule is O=C(CCc1cccs1)C(F)(F)F. The Balaban J connectivity index is 2.40. The minimum atomic E-state index is -4.68. The molecule has 1 nitrogen and oxygen atoms in total. The van der Waals surface area contributed by atoms with Crippen LogP contribution in [-0.2, 0) is 11.2 Å². The maximum absolute atomic E-state index is 11.7. The molecule has 0 saturated carbocycles. The molecule has 1 aromatic heterocycles. The molecule has 0 aromatic carbocycles. The van der Waals surface area contributed by atoms with Gasteiger partial charge in [0.05, 0.1) is 0 Å². The van der Waals surface area contributed by atoms with Gasteiger partial charge in [0, 0.05) is 11.3 Å². The third-order valence-corrected chi connectivity index (χ3v) is 2.43. The molecule has 5 heteroatoms. The highest BCUT2D eigenvalue weighted by Crippen LogP contribution is 2.20. The van der Waals surface area contributed by atoms with Gasteiger partial charge in [-0.2, -0.15) is 13.2 Å². The molecule has 0 bridgehead atoms. The highest BCUT2D eigenvalue weighted by atomic mass is 32.1. The molecule has 0 aliphatic rings. The molecule has 0 radical (unpaired) electrons. The van der Waals surface area contributed by atoms with E-state index in [-0.39, 0.29) is 6.42 Å². The Morgan fingerprint density at radius 3 is 2.62 bits per heavy atom. The van der Waals surface area contributed by atoms with E-state index in [1.165, 1.54) is 11.3 Å².